The topological polar surface area (TPSA) is 72.3 Å². The summed E-state index contributed by atoms with van der Waals surface area (Å²) in [4.78, 5) is 11.1. The van der Waals surface area contributed by atoms with E-state index in [0.717, 1.165) is 16.7 Å². The number of methoxy groups -OCH3 is 1. The van der Waals surface area contributed by atoms with Crippen molar-refractivity contribution in [1.82, 2.24) is 5.32 Å². The molecule has 26 heavy (non-hydrogen) atoms. The first-order valence-corrected chi connectivity index (χ1v) is 9.03. The maximum Gasteiger partial charge on any atom is 0.236 e. The van der Waals surface area contributed by atoms with Crippen LogP contribution >= 0.6 is 11.8 Å². The van der Waals surface area contributed by atoms with Crippen molar-refractivity contribution < 1.29 is 14.3 Å². The molecule has 6 nitrogen and oxygen atoms in total. The van der Waals surface area contributed by atoms with Crippen molar-refractivity contribution in [2.75, 3.05) is 12.9 Å². The first kappa shape index (κ1) is 18.0. The first-order valence-electron chi connectivity index (χ1n) is 8.05. The number of ether oxygens (including phenoxy) is 2. The van der Waals surface area contributed by atoms with E-state index in [1.165, 1.54) is 11.8 Å². The number of hydrogen-bond donors (Lipinski definition) is 1. The average molecular weight is 369 g/mol. The molecule has 1 heterocycles. The maximum atomic E-state index is 11.1. The zero-order valence-electron chi connectivity index (χ0n) is 14.6. The molecule has 1 aliphatic rings. The van der Waals surface area contributed by atoms with Crippen LogP contribution in [0.2, 0.25) is 0 Å². The third-order valence-electron chi connectivity index (χ3n) is 3.72. The molecule has 0 atom stereocenters. The van der Waals surface area contributed by atoms with Crippen molar-refractivity contribution in [3.05, 3.63) is 59.2 Å². The highest BCUT2D eigenvalue weighted by molar-refractivity contribution is 8.15. The molecular formula is C19H19N3O3S. The number of carbonyl (C=O) groups is 1. The van der Waals surface area contributed by atoms with E-state index < -0.39 is 0 Å². The quantitative estimate of drug-likeness (QED) is 0.627. The zero-order valence-corrected chi connectivity index (χ0v) is 15.4. The van der Waals surface area contributed by atoms with Gasteiger partial charge in [0.05, 0.1) is 19.1 Å². The van der Waals surface area contributed by atoms with Crippen LogP contribution in [-0.2, 0) is 11.4 Å². The van der Waals surface area contributed by atoms with Gasteiger partial charge in [0.25, 0.3) is 0 Å². The number of hydrogen-bond acceptors (Lipinski definition) is 6. The summed E-state index contributed by atoms with van der Waals surface area (Å²) in [6.45, 7) is 2.41. The molecule has 3 rings (SSSR count). The molecule has 2 aromatic rings. The van der Waals surface area contributed by atoms with Crippen LogP contribution in [0.15, 0.2) is 52.7 Å². The third kappa shape index (κ3) is 4.64. The van der Waals surface area contributed by atoms with Crippen molar-refractivity contribution in [2.45, 2.75) is 13.5 Å². The van der Waals surface area contributed by atoms with Gasteiger partial charge in [-0.05, 0) is 30.2 Å². The van der Waals surface area contributed by atoms with Gasteiger partial charge in [-0.25, -0.2) is 0 Å². The molecule has 0 unspecified atom stereocenters. The van der Waals surface area contributed by atoms with Crippen molar-refractivity contribution >= 4 is 29.1 Å². The minimum Gasteiger partial charge on any atom is -0.493 e. The molecular weight excluding hydrogens is 350 g/mol. The van der Waals surface area contributed by atoms with Gasteiger partial charge in [0.15, 0.2) is 16.7 Å². The van der Waals surface area contributed by atoms with Crippen LogP contribution in [0.4, 0.5) is 0 Å². The standard InChI is InChI=1S/C19H19N3O3S/c1-13-8-16(24-2)17(25-11-14-6-4-3-5-7-14)9-15(13)10-20-22-19-21-18(23)12-26-19/h3-10H,11-12H2,1-2H3,(H,21,22,23). The number of thioether (sulfide) groups is 1. The SMILES string of the molecule is COc1cc(C)c(C=NN=C2NC(=O)CS2)cc1OCc1ccccc1. The van der Waals surface area contributed by atoms with Gasteiger partial charge in [-0.3, -0.25) is 4.79 Å². The van der Waals surface area contributed by atoms with Gasteiger partial charge in [-0.2, -0.15) is 5.10 Å². The number of carbonyl (C=O) groups excluding carboxylic acids is 1. The summed E-state index contributed by atoms with van der Waals surface area (Å²) >= 11 is 1.34. The van der Waals surface area contributed by atoms with Gasteiger partial charge >= 0.3 is 0 Å². The van der Waals surface area contributed by atoms with Crippen LogP contribution in [0.3, 0.4) is 0 Å². The molecule has 1 amide bonds. The van der Waals surface area contributed by atoms with E-state index in [9.17, 15) is 4.79 Å². The average Bonchev–Trinajstić information content (AvgIpc) is 3.07. The number of nitrogens with one attached hydrogen (secondary N) is 1. The molecule has 134 valence electrons. The van der Waals surface area contributed by atoms with E-state index in [2.05, 4.69) is 15.5 Å². The molecule has 7 heteroatoms. The van der Waals surface area contributed by atoms with Crippen molar-refractivity contribution in [1.29, 1.82) is 0 Å². The Balaban J connectivity index is 1.76. The van der Waals surface area contributed by atoms with Crippen LogP contribution in [-0.4, -0.2) is 30.2 Å². The fraction of sp³-hybridized carbons (Fsp3) is 0.211. The smallest absolute Gasteiger partial charge is 0.236 e. The summed E-state index contributed by atoms with van der Waals surface area (Å²) in [6, 6.07) is 13.7. The lowest BCUT2D eigenvalue weighted by molar-refractivity contribution is -0.116. The Hall–Kier alpha value is -2.80. The minimum atomic E-state index is -0.0545. The molecule has 0 bridgehead atoms. The molecule has 1 fully saturated rings. The monoisotopic (exact) mass is 369 g/mol. The lowest BCUT2D eigenvalue weighted by atomic mass is 10.1. The predicted molar refractivity (Wildman–Crippen MR) is 104 cm³/mol. The summed E-state index contributed by atoms with van der Waals surface area (Å²) in [5.41, 5.74) is 2.93. The van der Waals surface area contributed by atoms with E-state index in [1.54, 1.807) is 13.3 Å². The van der Waals surface area contributed by atoms with Gasteiger partial charge in [-0.15, -0.1) is 5.10 Å². The van der Waals surface area contributed by atoms with Gasteiger partial charge < -0.3 is 14.8 Å². The highest BCUT2D eigenvalue weighted by Gasteiger charge is 2.16. The van der Waals surface area contributed by atoms with E-state index in [1.807, 2.05) is 49.4 Å². The fourth-order valence-corrected chi connectivity index (χ4v) is 2.98. The lowest BCUT2D eigenvalue weighted by Gasteiger charge is -2.13. The largest absolute Gasteiger partial charge is 0.493 e. The van der Waals surface area contributed by atoms with Crippen LogP contribution in [0, 0.1) is 6.92 Å². The predicted octanol–water partition coefficient (Wildman–Crippen LogP) is 3.14. The summed E-state index contributed by atoms with van der Waals surface area (Å²) in [5, 5.41) is 11.2. The van der Waals surface area contributed by atoms with Crippen molar-refractivity contribution in [3.63, 3.8) is 0 Å². The van der Waals surface area contributed by atoms with Crippen LogP contribution in [0.5, 0.6) is 11.5 Å². The second kappa shape index (κ2) is 8.53. The second-order valence-corrected chi connectivity index (χ2v) is 6.58. The van der Waals surface area contributed by atoms with Crippen molar-refractivity contribution in [3.8, 4) is 11.5 Å². The summed E-state index contributed by atoms with van der Waals surface area (Å²) in [6.07, 6.45) is 1.64. The van der Waals surface area contributed by atoms with Crippen LogP contribution in [0.1, 0.15) is 16.7 Å². The van der Waals surface area contributed by atoms with Crippen LogP contribution < -0.4 is 14.8 Å². The van der Waals surface area contributed by atoms with E-state index in [0.29, 0.717) is 29.0 Å². The minimum absolute atomic E-state index is 0.0545. The van der Waals surface area contributed by atoms with E-state index in [-0.39, 0.29) is 5.91 Å². The molecule has 0 radical (unpaired) electrons. The molecule has 0 aromatic heterocycles. The molecule has 1 saturated heterocycles. The Morgan fingerprint density at radius 1 is 1.23 bits per heavy atom. The van der Waals surface area contributed by atoms with Gasteiger partial charge in [-0.1, -0.05) is 42.1 Å². The molecule has 0 saturated carbocycles. The fourth-order valence-electron chi connectivity index (χ4n) is 2.35. The van der Waals surface area contributed by atoms with Gasteiger partial charge in [0.2, 0.25) is 5.91 Å². The first-order chi connectivity index (χ1) is 12.7. The maximum absolute atomic E-state index is 11.1. The number of benzene rings is 2. The molecule has 2 aromatic carbocycles. The third-order valence-corrected chi connectivity index (χ3v) is 4.58. The Morgan fingerprint density at radius 3 is 2.73 bits per heavy atom. The Labute approximate surface area is 156 Å². The number of amidine groups is 1. The van der Waals surface area contributed by atoms with E-state index in [4.69, 9.17) is 9.47 Å². The number of amides is 1. The van der Waals surface area contributed by atoms with Gasteiger partial charge in [0.1, 0.15) is 6.61 Å². The Bertz CT molecular complexity index is 851. The summed E-state index contributed by atoms with van der Waals surface area (Å²) in [5.74, 6) is 1.63. The normalized spacial score (nSPS) is 15.5. The van der Waals surface area contributed by atoms with Crippen molar-refractivity contribution in [2.24, 2.45) is 10.2 Å². The Kier molecular flexibility index (Phi) is 5.91. The molecule has 1 aliphatic heterocycles. The Morgan fingerprint density at radius 2 is 2.04 bits per heavy atom. The highest BCUT2D eigenvalue weighted by atomic mass is 32.2. The molecule has 0 aliphatic carbocycles. The van der Waals surface area contributed by atoms with Crippen LogP contribution in [0.25, 0.3) is 0 Å². The van der Waals surface area contributed by atoms with E-state index >= 15 is 0 Å². The zero-order chi connectivity index (χ0) is 18.4. The number of nitrogens with zero attached hydrogens (tertiary/aromatic N) is 2. The summed E-state index contributed by atoms with van der Waals surface area (Å²) < 4.78 is 11.3. The highest BCUT2D eigenvalue weighted by Crippen LogP contribution is 2.30. The number of aryl methyl sites for hydroxylation is 1. The molecule has 1 N–H and O–H groups in total. The number of rotatable bonds is 6. The second-order valence-electron chi connectivity index (χ2n) is 5.62. The lowest BCUT2D eigenvalue weighted by Crippen LogP contribution is -2.19. The van der Waals surface area contributed by atoms with Gasteiger partial charge in [0, 0.05) is 5.56 Å². The molecule has 0 spiro atoms. The summed E-state index contributed by atoms with van der Waals surface area (Å²) in [7, 11) is 1.61.